The molecule has 0 unspecified atom stereocenters. The molecule has 0 aliphatic rings. The number of esters is 1. The number of hydrogen-bond acceptors (Lipinski definition) is 3. The third kappa shape index (κ3) is 4.69. The van der Waals surface area contributed by atoms with Crippen LogP contribution in [0.25, 0.3) is 0 Å². The van der Waals surface area contributed by atoms with E-state index >= 15 is 0 Å². The zero-order chi connectivity index (χ0) is 22.2. The summed E-state index contributed by atoms with van der Waals surface area (Å²) in [6.07, 6.45) is 0. The fourth-order valence-corrected chi connectivity index (χ4v) is 7.39. The van der Waals surface area contributed by atoms with Crippen molar-refractivity contribution in [3.63, 3.8) is 0 Å². The average molecular weight is 440 g/mol. The maximum atomic E-state index is 13.2. The topological polar surface area (TPSA) is 35.5 Å². The average Bonchev–Trinajstić information content (AvgIpc) is 2.88. The van der Waals surface area contributed by atoms with Crippen molar-refractivity contribution in [2.75, 3.05) is 7.11 Å². The van der Waals surface area contributed by atoms with Gasteiger partial charge in [-0.15, -0.1) is 0 Å². The summed E-state index contributed by atoms with van der Waals surface area (Å²) in [4.78, 5) is 13.2. The lowest BCUT2D eigenvalue weighted by atomic mass is 10.2. The highest BCUT2D eigenvalue weighted by atomic mass is 31.2. The maximum Gasteiger partial charge on any atom is 0.332 e. The van der Waals surface area contributed by atoms with E-state index in [9.17, 15) is 4.79 Å². The molecule has 0 heterocycles. The summed E-state index contributed by atoms with van der Waals surface area (Å²) in [5.74, 6) is 2.25. The highest BCUT2D eigenvalue weighted by molar-refractivity contribution is 7.95. The van der Waals surface area contributed by atoms with Gasteiger partial charge < -0.3 is 9.47 Å². The smallest absolute Gasteiger partial charge is 0.332 e. The molecular formula is C28H25O3P. The van der Waals surface area contributed by atoms with Gasteiger partial charge in [0, 0.05) is 5.80 Å². The standard InChI is InChI=1S/C28H25O3P/c1-30-24-19-17-23(18-20-24)21-31-28(29)22-32(25-11-5-2-6-12-25,26-13-7-3-8-14-26)27-15-9-4-10-16-27/h2-20,22H,21H2,1H3. The maximum absolute atomic E-state index is 13.2. The van der Waals surface area contributed by atoms with Gasteiger partial charge in [-0.05, 0) is 40.5 Å². The van der Waals surface area contributed by atoms with E-state index in [2.05, 4.69) is 36.4 Å². The van der Waals surface area contributed by atoms with Crippen molar-refractivity contribution in [1.82, 2.24) is 0 Å². The second-order valence-electron chi connectivity index (χ2n) is 7.31. The molecule has 0 saturated heterocycles. The predicted molar refractivity (Wildman–Crippen MR) is 134 cm³/mol. The summed E-state index contributed by atoms with van der Waals surface area (Å²) in [5.41, 5.74) is 0.913. The van der Waals surface area contributed by atoms with Gasteiger partial charge in [-0.3, -0.25) is 0 Å². The Morgan fingerprint density at radius 2 is 1.12 bits per heavy atom. The number of ether oxygens (including phenoxy) is 2. The van der Waals surface area contributed by atoms with Crippen LogP contribution in [0.1, 0.15) is 5.56 Å². The summed E-state index contributed by atoms with van der Waals surface area (Å²) in [6, 6.07) is 38.2. The first-order valence-corrected chi connectivity index (χ1v) is 12.3. The lowest BCUT2D eigenvalue weighted by molar-refractivity contribution is -0.136. The quantitative estimate of drug-likeness (QED) is 0.313. The highest BCUT2D eigenvalue weighted by Gasteiger charge is 2.26. The van der Waals surface area contributed by atoms with Gasteiger partial charge in [0.05, 0.1) is 7.11 Å². The Balaban J connectivity index is 1.79. The SMILES string of the molecule is COc1ccc(COC(=O)C=P(c2ccccc2)(c2ccccc2)c2ccccc2)cc1. The van der Waals surface area contributed by atoms with Gasteiger partial charge in [0.15, 0.2) is 0 Å². The Morgan fingerprint density at radius 3 is 1.53 bits per heavy atom. The van der Waals surface area contributed by atoms with Gasteiger partial charge in [0.25, 0.3) is 0 Å². The molecule has 160 valence electrons. The third-order valence-corrected chi connectivity index (χ3v) is 9.27. The minimum atomic E-state index is -2.36. The Bertz CT molecular complexity index is 1100. The fourth-order valence-electron chi connectivity index (χ4n) is 3.73. The molecule has 0 fully saturated rings. The molecule has 0 aliphatic heterocycles. The summed E-state index contributed by atoms with van der Waals surface area (Å²) >= 11 is 0. The zero-order valence-electron chi connectivity index (χ0n) is 17.9. The molecule has 0 spiro atoms. The Morgan fingerprint density at radius 1 is 0.688 bits per heavy atom. The second-order valence-corrected chi connectivity index (χ2v) is 10.6. The van der Waals surface area contributed by atoms with E-state index in [1.807, 2.05) is 78.9 Å². The van der Waals surface area contributed by atoms with Crippen LogP contribution in [0.3, 0.4) is 0 Å². The minimum absolute atomic E-state index is 0.206. The van der Waals surface area contributed by atoms with Gasteiger partial charge >= 0.3 is 5.97 Å². The molecule has 0 N–H and O–H groups in total. The molecule has 0 atom stereocenters. The largest absolute Gasteiger partial charge is 0.497 e. The molecule has 4 aromatic rings. The van der Waals surface area contributed by atoms with Crippen molar-refractivity contribution in [3.05, 3.63) is 121 Å². The van der Waals surface area contributed by atoms with Crippen molar-refractivity contribution < 1.29 is 14.3 Å². The van der Waals surface area contributed by atoms with E-state index < -0.39 is 6.89 Å². The number of carbonyl (C=O) groups is 1. The lowest BCUT2D eigenvalue weighted by Crippen LogP contribution is -2.29. The van der Waals surface area contributed by atoms with Crippen LogP contribution >= 0.6 is 6.89 Å². The Labute approximate surface area is 189 Å². The summed E-state index contributed by atoms with van der Waals surface area (Å²) < 4.78 is 10.9. The van der Waals surface area contributed by atoms with Crippen molar-refractivity contribution in [3.8, 4) is 5.75 Å². The molecular weight excluding hydrogens is 415 g/mol. The normalized spacial score (nSPS) is 10.9. The Kier molecular flexibility index (Phi) is 6.89. The van der Waals surface area contributed by atoms with Crippen LogP contribution in [0.4, 0.5) is 0 Å². The molecule has 0 bridgehead atoms. The molecule has 0 amide bonds. The van der Waals surface area contributed by atoms with Gasteiger partial charge in [-0.2, -0.15) is 0 Å². The third-order valence-electron chi connectivity index (χ3n) is 5.33. The summed E-state index contributed by atoms with van der Waals surface area (Å²) in [6.45, 7) is -2.16. The van der Waals surface area contributed by atoms with Crippen LogP contribution in [0.5, 0.6) is 5.75 Å². The monoisotopic (exact) mass is 440 g/mol. The molecule has 0 aliphatic carbocycles. The van der Waals surface area contributed by atoms with Crippen molar-refractivity contribution >= 4 is 34.6 Å². The lowest BCUT2D eigenvalue weighted by Gasteiger charge is -2.28. The molecule has 3 nitrogen and oxygen atoms in total. The summed E-state index contributed by atoms with van der Waals surface area (Å²) in [5, 5.41) is 3.33. The number of benzene rings is 4. The second kappa shape index (κ2) is 10.2. The molecule has 0 radical (unpaired) electrons. The van der Waals surface area contributed by atoms with Gasteiger partial charge in [0.2, 0.25) is 0 Å². The van der Waals surface area contributed by atoms with Crippen LogP contribution in [-0.4, -0.2) is 18.9 Å². The minimum Gasteiger partial charge on any atom is -0.497 e. The van der Waals surface area contributed by atoms with E-state index in [0.717, 1.165) is 27.2 Å². The zero-order valence-corrected chi connectivity index (χ0v) is 18.8. The van der Waals surface area contributed by atoms with Crippen LogP contribution in [-0.2, 0) is 16.1 Å². The predicted octanol–water partition coefficient (Wildman–Crippen LogP) is 4.53. The van der Waals surface area contributed by atoms with Crippen LogP contribution in [0.15, 0.2) is 115 Å². The first-order valence-electron chi connectivity index (χ1n) is 10.4. The first-order chi connectivity index (χ1) is 15.7. The first kappa shape index (κ1) is 21.7. The molecule has 0 aromatic heterocycles. The van der Waals surface area contributed by atoms with E-state index in [4.69, 9.17) is 9.47 Å². The van der Waals surface area contributed by atoms with Crippen LogP contribution in [0.2, 0.25) is 0 Å². The molecule has 4 rings (SSSR count). The van der Waals surface area contributed by atoms with Gasteiger partial charge in [0.1, 0.15) is 12.4 Å². The van der Waals surface area contributed by atoms with E-state index in [1.54, 1.807) is 12.9 Å². The van der Waals surface area contributed by atoms with E-state index in [0.29, 0.717) is 0 Å². The molecule has 0 saturated carbocycles. The molecule has 4 aromatic carbocycles. The van der Waals surface area contributed by atoms with Crippen molar-refractivity contribution in [2.24, 2.45) is 0 Å². The van der Waals surface area contributed by atoms with Crippen molar-refractivity contribution in [2.45, 2.75) is 6.61 Å². The van der Waals surface area contributed by atoms with E-state index in [1.165, 1.54) is 0 Å². The number of rotatable bonds is 7. The Hall–Kier alpha value is -3.55. The number of methoxy groups -OCH3 is 1. The van der Waals surface area contributed by atoms with E-state index in [-0.39, 0.29) is 12.6 Å². The van der Waals surface area contributed by atoms with Gasteiger partial charge in [-0.1, -0.05) is 103 Å². The highest BCUT2D eigenvalue weighted by Crippen LogP contribution is 2.43. The molecule has 4 heteroatoms. The number of carbonyl (C=O) groups excluding carboxylic acids is 1. The van der Waals surface area contributed by atoms with Gasteiger partial charge in [-0.25, -0.2) is 4.79 Å². The fraction of sp³-hybridized carbons (Fsp3) is 0.0714. The van der Waals surface area contributed by atoms with Crippen molar-refractivity contribution in [1.29, 1.82) is 0 Å². The van der Waals surface area contributed by atoms with Crippen LogP contribution in [0, 0.1) is 0 Å². The number of hydrogen-bond donors (Lipinski definition) is 0. The summed E-state index contributed by atoms with van der Waals surface area (Å²) in [7, 11) is 1.63. The molecule has 32 heavy (non-hydrogen) atoms. The van der Waals surface area contributed by atoms with Crippen LogP contribution < -0.4 is 20.7 Å².